The molecule has 0 aromatic heterocycles. The number of hydrogen-bond donors (Lipinski definition) is 1. The number of nitrogens with two attached hydrogens (primary N) is 1. The van der Waals surface area contributed by atoms with Crippen LogP contribution in [0, 0.1) is 6.92 Å². The highest BCUT2D eigenvalue weighted by molar-refractivity contribution is 7.90. The molecule has 1 aromatic rings. The normalized spacial score (nSPS) is 11.3. The minimum Gasteiger partial charge on any atom is -0.469 e. The van der Waals surface area contributed by atoms with E-state index in [4.69, 9.17) is 5.73 Å². The summed E-state index contributed by atoms with van der Waals surface area (Å²) >= 11 is 0. The topological polar surface area (TPSA) is 86.5 Å². The third kappa shape index (κ3) is 5.00. The number of esters is 1. The molecular weight excluding hydrogens is 266 g/mol. The van der Waals surface area contributed by atoms with Crippen molar-refractivity contribution in [3.05, 3.63) is 34.9 Å². The average Bonchev–Trinajstić information content (AvgIpc) is 2.38. The number of carbonyl (C=O) groups excluding carboxylic acids is 1. The Morgan fingerprint density at radius 2 is 2.05 bits per heavy atom. The van der Waals surface area contributed by atoms with Crippen LogP contribution in [0.4, 0.5) is 0 Å². The number of sulfone groups is 1. The van der Waals surface area contributed by atoms with Crippen molar-refractivity contribution in [1.29, 1.82) is 0 Å². The maximum atomic E-state index is 11.9. The SMILES string of the molecule is COC(=O)CCS(=O)(=O)Cc1ccc(CN)cc1C. The smallest absolute Gasteiger partial charge is 0.306 e. The first-order valence-corrected chi connectivity index (χ1v) is 7.76. The molecule has 0 aliphatic carbocycles. The second-order valence-electron chi connectivity index (χ2n) is 4.38. The van der Waals surface area contributed by atoms with Gasteiger partial charge in [0, 0.05) is 6.54 Å². The molecule has 6 heteroatoms. The lowest BCUT2D eigenvalue weighted by Crippen LogP contribution is -2.14. The van der Waals surface area contributed by atoms with Crippen LogP contribution in [0.5, 0.6) is 0 Å². The Morgan fingerprint density at radius 3 is 2.58 bits per heavy atom. The molecule has 0 heterocycles. The molecule has 0 unspecified atom stereocenters. The fourth-order valence-electron chi connectivity index (χ4n) is 1.70. The molecule has 0 bridgehead atoms. The highest BCUT2D eigenvalue weighted by Crippen LogP contribution is 2.15. The van der Waals surface area contributed by atoms with Gasteiger partial charge in [0.2, 0.25) is 0 Å². The summed E-state index contributed by atoms with van der Waals surface area (Å²) in [4.78, 5) is 11.0. The van der Waals surface area contributed by atoms with Gasteiger partial charge in [0.25, 0.3) is 0 Å². The summed E-state index contributed by atoms with van der Waals surface area (Å²) in [6, 6.07) is 5.47. The van der Waals surface area contributed by atoms with E-state index in [9.17, 15) is 13.2 Å². The van der Waals surface area contributed by atoms with Gasteiger partial charge in [-0.2, -0.15) is 0 Å². The maximum absolute atomic E-state index is 11.9. The predicted molar refractivity (Wildman–Crippen MR) is 73.2 cm³/mol. The summed E-state index contributed by atoms with van der Waals surface area (Å²) in [5, 5.41) is 0. The van der Waals surface area contributed by atoms with Crippen molar-refractivity contribution in [3.8, 4) is 0 Å². The third-order valence-corrected chi connectivity index (χ3v) is 4.44. The summed E-state index contributed by atoms with van der Waals surface area (Å²) in [5.41, 5.74) is 8.12. The zero-order valence-corrected chi connectivity index (χ0v) is 12.0. The van der Waals surface area contributed by atoms with Gasteiger partial charge in [-0.1, -0.05) is 18.2 Å². The molecule has 0 saturated carbocycles. The Kier molecular flexibility index (Phi) is 5.50. The zero-order valence-electron chi connectivity index (χ0n) is 11.2. The predicted octanol–water partition coefficient (Wildman–Crippen LogP) is 0.932. The third-order valence-electron chi connectivity index (χ3n) is 2.86. The summed E-state index contributed by atoms with van der Waals surface area (Å²) < 4.78 is 28.2. The summed E-state index contributed by atoms with van der Waals surface area (Å²) in [6.07, 6.45) is -0.112. The van der Waals surface area contributed by atoms with Gasteiger partial charge in [-0.15, -0.1) is 0 Å². The van der Waals surface area contributed by atoms with Crippen molar-refractivity contribution in [2.45, 2.75) is 25.6 Å². The molecule has 0 aliphatic rings. The largest absolute Gasteiger partial charge is 0.469 e. The number of aryl methyl sites for hydroxylation is 1. The van der Waals surface area contributed by atoms with E-state index in [-0.39, 0.29) is 17.9 Å². The lowest BCUT2D eigenvalue weighted by atomic mass is 10.1. The van der Waals surface area contributed by atoms with E-state index in [2.05, 4.69) is 4.74 Å². The molecule has 1 rings (SSSR count). The van der Waals surface area contributed by atoms with Crippen molar-refractivity contribution in [2.24, 2.45) is 5.73 Å². The van der Waals surface area contributed by atoms with Gasteiger partial charge in [0.1, 0.15) is 0 Å². The van der Waals surface area contributed by atoms with E-state index in [1.807, 2.05) is 19.1 Å². The number of rotatable bonds is 6. The molecule has 0 saturated heterocycles. The Bertz CT molecular complexity index is 552. The lowest BCUT2D eigenvalue weighted by molar-refractivity contribution is -0.140. The van der Waals surface area contributed by atoms with Crippen molar-refractivity contribution in [2.75, 3.05) is 12.9 Å². The first-order chi connectivity index (χ1) is 8.88. The first kappa shape index (κ1) is 15.7. The fourth-order valence-corrected chi connectivity index (χ4v) is 3.12. The zero-order chi connectivity index (χ0) is 14.5. The molecule has 1 aromatic carbocycles. The van der Waals surface area contributed by atoms with E-state index in [1.165, 1.54) is 7.11 Å². The molecule has 0 aliphatic heterocycles. The van der Waals surface area contributed by atoms with Crippen molar-refractivity contribution < 1.29 is 17.9 Å². The van der Waals surface area contributed by atoms with Crippen molar-refractivity contribution in [3.63, 3.8) is 0 Å². The second-order valence-corrected chi connectivity index (χ2v) is 6.57. The van der Waals surface area contributed by atoms with Crippen LogP contribution in [-0.4, -0.2) is 27.2 Å². The molecule has 106 valence electrons. The summed E-state index contributed by atoms with van der Waals surface area (Å²) in [5.74, 6) is -0.780. The van der Waals surface area contributed by atoms with Crippen molar-refractivity contribution in [1.82, 2.24) is 0 Å². The standard InChI is InChI=1S/C13H19NO4S/c1-10-7-11(8-14)3-4-12(10)9-19(16,17)6-5-13(15)18-2/h3-4,7H,5-6,8-9,14H2,1-2H3. The quantitative estimate of drug-likeness (QED) is 0.786. The molecule has 0 radical (unpaired) electrons. The highest BCUT2D eigenvalue weighted by atomic mass is 32.2. The molecule has 0 atom stereocenters. The second kappa shape index (κ2) is 6.68. The molecule has 0 spiro atoms. The van der Waals surface area contributed by atoms with E-state index in [0.29, 0.717) is 6.54 Å². The Balaban J connectivity index is 2.75. The minimum atomic E-state index is -3.31. The summed E-state index contributed by atoms with van der Waals surface area (Å²) in [7, 11) is -2.07. The van der Waals surface area contributed by atoms with Gasteiger partial charge in [0.15, 0.2) is 9.84 Å². The Labute approximate surface area is 113 Å². The molecule has 5 nitrogen and oxygen atoms in total. The van der Waals surface area contributed by atoms with E-state index >= 15 is 0 Å². The van der Waals surface area contributed by atoms with Crippen LogP contribution < -0.4 is 5.73 Å². The number of hydrogen-bond acceptors (Lipinski definition) is 5. The van der Waals surface area contributed by atoms with Gasteiger partial charge in [-0.3, -0.25) is 4.79 Å². The van der Waals surface area contributed by atoms with Crippen LogP contribution >= 0.6 is 0 Å². The van der Waals surface area contributed by atoms with Gasteiger partial charge in [-0.25, -0.2) is 8.42 Å². The Morgan fingerprint density at radius 1 is 1.37 bits per heavy atom. The molecule has 0 fully saturated rings. The average molecular weight is 285 g/mol. The van der Waals surface area contributed by atoms with Gasteiger partial charge >= 0.3 is 5.97 Å². The van der Waals surface area contributed by atoms with Crippen LogP contribution in [0.15, 0.2) is 18.2 Å². The monoisotopic (exact) mass is 285 g/mol. The van der Waals surface area contributed by atoms with Crippen LogP contribution in [0.1, 0.15) is 23.1 Å². The van der Waals surface area contributed by atoms with Gasteiger partial charge in [-0.05, 0) is 23.6 Å². The molecule has 0 amide bonds. The highest BCUT2D eigenvalue weighted by Gasteiger charge is 2.16. The van der Waals surface area contributed by atoms with Crippen LogP contribution in [0.3, 0.4) is 0 Å². The van der Waals surface area contributed by atoms with Crippen LogP contribution in [-0.2, 0) is 31.7 Å². The summed E-state index contributed by atoms with van der Waals surface area (Å²) in [6.45, 7) is 2.28. The number of ether oxygens (including phenoxy) is 1. The lowest BCUT2D eigenvalue weighted by Gasteiger charge is -2.08. The minimum absolute atomic E-state index is 0.0688. The first-order valence-electron chi connectivity index (χ1n) is 5.93. The van der Waals surface area contributed by atoms with Crippen molar-refractivity contribution >= 4 is 15.8 Å². The molecule has 19 heavy (non-hydrogen) atoms. The van der Waals surface area contributed by atoms with Crippen LogP contribution in [0.25, 0.3) is 0 Å². The fraction of sp³-hybridized carbons (Fsp3) is 0.462. The number of methoxy groups -OCH3 is 1. The number of carbonyl (C=O) groups is 1. The van der Waals surface area contributed by atoms with E-state index < -0.39 is 15.8 Å². The van der Waals surface area contributed by atoms with Gasteiger partial charge < -0.3 is 10.5 Å². The molecule has 2 N–H and O–H groups in total. The number of benzene rings is 1. The Hall–Kier alpha value is -1.40. The maximum Gasteiger partial charge on any atom is 0.306 e. The van der Waals surface area contributed by atoms with Crippen LogP contribution in [0.2, 0.25) is 0 Å². The van der Waals surface area contributed by atoms with E-state index in [1.54, 1.807) is 6.07 Å². The molecular formula is C13H19NO4S. The van der Waals surface area contributed by atoms with E-state index in [0.717, 1.165) is 16.7 Å². The van der Waals surface area contributed by atoms with Gasteiger partial charge in [0.05, 0.1) is 25.0 Å².